The lowest BCUT2D eigenvalue weighted by Gasteiger charge is -2.12. The first-order valence-corrected chi connectivity index (χ1v) is 8.56. The number of halogens is 2. The summed E-state index contributed by atoms with van der Waals surface area (Å²) < 4.78 is 0. The Labute approximate surface area is 164 Å². The number of rotatable bonds is 3. The molecule has 26 heavy (non-hydrogen) atoms. The van der Waals surface area contributed by atoms with E-state index in [1.54, 1.807) is 0 Å². The van der Waals surface area contributed by atoms with Crippen molar-refractivity contribution in [1.82, 2.24) is 4.98 Å². The Morgan fingerprint density at radius 3 is 2.38 bits per heavy atom. The number of anilines is 2. The van der Waals surface area contributed by atoms with Crippen LogP contribution in [0.1, 0.15) is 5.56 Å². The van der Waals surface area contributed by atoms with Crippen LogP contribution in [0.15, 0.2) is 78.9 Å². The number of nitrogens with zero attached hydrogens (tertiary/aromatic N) is 1. The van der Waals surface area contributed by atoms with Gasteiger partial charge in [0.15, 0.2) is 0 Å². The van der Waals surface area contributed by atoms with Gasteiger partial charge in [-0.15, -0.1) is 12.4 Å². The topological polar surface area (TPSA) is 24.9 Å². The Bertz CT molecular complexity index is 1040. The molecule has 0 saturated carbocycles. The van der Waals surface area contributed by atoms with Crippen molar-refractivity contribution >= 4 is 46.3 Å². The molecule has 0 unspecified atom stereocenters. The van der Waals surface area contributed by atoms with E-state index in [0.717, 1.165) is 33.5 Å². The minimum Gasteiger partial charge on any atom is -0.355 e. The maximum Gasteiger partial charge on any atom is 0.0730 e. The SMILES string of the molecule is Cc1ccc(Nc2cc(-c3cccc(Cl)c3)nc3ccccc23)cc1.Cl. The van der Waals surface area contributed by atoms with Gasteiger partial charge in [-0.05, 0) is 43.3 Å². The summed E-state index contributed by atoms with van der Waals surface area (Å²) in [4.78, 5) is 4.80. The predicted octanol–water partition coefficient (Wildman–Crippen LogP) is 7.03. The first-order chi connectivity index (χ1) is 12.2. The maximum absolute atomic E-state index is 6.15. The Morgan fingerprint density at radius 2 is 1.62 bits per heavy atom. The molecule has 0 aliphatic rings. The number of benzene rings is 3. The predicted molar refractivity (Wildman–Crippen MR) is 114 cm³/mol. The fourth-order valence-corrected chi connectivity index (χ4v) is 3.06. The van der Waals surface area contributed by atoms with Crippen LogP contribution in [0.25, 0.3) is 22.2 Å². The highest BCUT2D eigenvalue weighted by molar-refractivity contribution is 6.30. The second kappa shape index (κ2) is 7.77. The van der Waals surface area contributed by atoms with Gasteiger partial charge in [-0.25, -0.2) is 4.98 Å². The normalized spacial score (nSPS) is 10.4. The second-order valence-electron chi connectivity index (χ2n) is 6.07. The summed E-state index contributed by atoms with van der Waals surface area (Å²) in [5, 5.41) is 5.33. The molecule has 1 heterocycles. The van der Waals surface area contributed by atoms with E-state index < -0.39 is 0 Å². The van der Waals surface area contributed by atoms with Gasteiger partial charge in [0.05, 0.1) is 16.9 Å². The van der Waals surface area contributed by atoms with Crippen LogP contribution < -0.4 is 5.32 Å². The van der Waals surface area contributed by atoms with E-state index in [1.165, 1.54) is 5.56 Å². The van der Waals surface area contributed by atoms with E-state index in [1.807, 2.05) is 42.5 Å². The number of aromatic nitrogens is 1. The van der Waals surface area contributed by atoms with Crippen molar-refractivity contribution in [2.24, 2.45) is 0 Å². The van der Waals surface area contributed by atoms with Crippen LogP contribution in [0.2, 0.25) is 5.02 Å². The number of fused-ring (bicyclic) bond motifs is 1. The number of pyridine rings is 1. The molecule has 0 radical (unpaired) electrons. The zero-order valence-corrected chi connectivity index (χ0v) is 15.8. The lowest BCUT2D eigenvalue weighted by molar-refractivity contribution is 1.39. The van der Waals surface area contributed by atoms with E-state index >= 15 is 0 Å². The molecule has 1 N–H and O–H groups in total. The number of aryl methyl sites for hydroxylation is 1. The van der Waals surface area contributed by atoms with Gasteiger partial charge >= 0.3 is 0 Å². The summed E-state index contributed by atoms with van der Waals surface area (Å²) in [6, 6.07) is 26.4. The zero-order chi connectivity index (χ0) is 17.2. The Hall–Kier alpha value is -2.55. The fraction of sp³-hybridized carbons (Fsp3) is 0.0455. The highest BCUT2D eigenvalue weighted by Crippen LogP contribution is 2.31. The third-order valence-electron chi connectivity index (χ3n) is 4.17. The standard InChI is InChI=1S/C22H17ClN2.ClH/c1-15-9-11-18(12-10-15)24-22-14-21(16-5-4-6-17(23)13-16)25-20-8-3-2-7-19(20)22;/h2-14H,1H3,(H,24,25);1H. The average Bonchev–Trinajstić information content (AvgIpc) is 2.63. The zero-order valence-electron chi connectivity index (χ0n) is 14.2. The van der Waals surface area contributed by atoms with Gasteiger partial charge in [-0.1, -0.05) is 59.6 Å². The molecule has 2 nitrogen and oxygen atoms in total. The first kappa shape index (κ1) is 18.2. The third kappa shape index (κ3) is 3.82. The molecule has 0 aliphatic carbocycles. The van der Waals surface area contributed by atoms with E-state index in [0.29, 0.717) is 5.02 Å². The Kier molecular flexibility index (Phi) is 5.46. The van der Waals surface area contributed by atoms with Crippen LogP contribution in [-0.4, -0.2) is 4.98 Å². The van der Waals surface area contributed by atoms with Crippen LogP contribution in [-0.2, 0) is 0 Å². The van der Waals surface area contributed by atoms with Crippen LogP contribution in [0, 0.1) is 6.92 Å². The van der Waals surface area contributed by atoms with Crippen LogP contribution in [0.3, 0.4) is 0 Å². The van der Waals surface area contributed by atoms with Gasteiger partial charge in [0.2, 0.25) is 0 Å². The molecule has 0 fully saturated rings. The van der Waals surface area contributed by atoms with Crippen LogP contribution in [0.4, 0.5) is 11.4 Å². The molecule has 0 spiro atoms. The highest BCUT2D eigenvalue weighted by Gasteiger charge is 2.08. The van der Waals surface area contributed by atoms with Gasteiger partial charge in [0, 0.05) is 21.7 Å². The van der Waals surface area contributed by atoms with E-state index in [9.17, 15) is 0 Å². The molecule has 0 atom stereocenters. The maximum atomic E-state index is 6.15. The van der Waals surface area contributed by atoms with E-state index in [-0.39, 0.29) is 12.4 Å². The number of nitrogens with one attached hydrogen (secondary N) is 1. The van der Waals surface area contributed by atoms with Crippen molar-refractivity contribution in [3.63, 3.8) is 0 Å². The molecule has 1 aromatic heterocycles. The lowest BCUT2D eigenvalue weighted by Crippen LogP contribution is -1.95. The van der Waals surface area contributed by atoms with E-state index in [2.05, 4.69) is 48.6 Å². The molecule has 0 bridgehead atoms. The fourth-order valence-electron chi connectivity index (χ4n) is 2.87. The van der Waals surface area contributed by atoms with Crippen molar-refractivity contribution in [2.45, 2.75) is 6.92 Å². The van der Waals surface area contributed by atoms with Crippen molar-refractivity contribution in [1.29, 1.82) is 0 Å². The molecule has 0 amide bonds. The Morgan fingerprint density at radius 1 is 0.846 bits per heavy atom. The van der Waals surface area contributed by atoms with Crippen molar-refractivity contribution in [3.8, 4) is 11.3 Å². The van der Waals surface area contributed by atoms with Crippen LogP contribution >= 0.6 is 24.0 Å². The Balaban J connectivity index is 0.00000196. The molecule has 0 aliphatic heterocycles. The van der Waals surface area contributed by atoms with Gasteiger partial charge in [-0.3, -0.25) is 0 Å². The quantitative estimate of drug-likeness (QED) is 0.412. The minimum absolute atomic E-state index is 0. The molecular weight excluding hydrogens is 363 g/mol. The average molecular weight is 381 g/mol. The van der Waals surface area contributed by atoms with Crippen molar-refractivity contribution in [3.05, 3.63) is 89.4 Å². The number of hydrogen-bond donors (Lipinski definition) is 1. The summed E-state index contributed by atoms with van der Waals surface area (Å²) in [5.74, 6) is 0. The van der Waals surface area contributed by atoms with Gasteiger partial charge < -0.3 is 5.32 Å². The molecule has 4 aromatic rings. The van der Waals surface area contributed by atoms with Crippen molar-refractivity contribution in [2.75, 3.05) is 5.32 Å². The largest absolute Gasteiger partial charge is 0.355 e. The summed E-state index contributed by atoms with van der Waals surface area (Å²) in [7, 11) is 0. The summed E-state index contributed by atoms with van der Waals surface area (Å²) >= 11 is 6.15. The number of para-hydroxylation sites is 1. The molecule has 4 heteroatoms. The minimum atomic E-state index is 0. The summed E-state index contributed by atoms with van der Waals surface area (Å²) in [5.41, 5.74) is 6.18. The summed E-state index contributed by atoms with van der Waals surface area (Å²) in [6.07, 6.45) is 0. The molecule has 3 aromatic carbocycles. The monoisotopic (exact) mass is 380 g/mol. The third-order valence-corrected chi connectivity index (χ3v) is 4.40. The van der Waals surface area contributed by atoms with Gasteiger partial charge in [-0.2, -0.15) is 0 Å². The highest BCUT2D eigenvalue weighted by atomic mass is 35.5. The smallest absolute Gasteiger partial charge is 0.0730 e. The van der Waals surface area contributed by atoms with Crippen molar-refractivity contribution < 1.29 is 0 Å². The molecular formula is C22H18Cl2N2. The molecule has 0 saturated heterocycles. The second-order valence-corrected chi connectivity index (χ2v) is 6.51. The summed E-state index contributed by atoms with van der Waals surface area (Å²) in [6.45, 7) is 2.09. The van der Waals surface area contributed by atoms with E-state index in [4.69, 9.17) is 16.6 Å². The molecule has 4 rings (SSSR count). The van der Waals surface area contributed by atoms with Crippen LogP contribution in [0.5, 0.6) is 0 Å². The lowest BCUT2D eigenvalue weighted by atomic mass is 10.1. The van der Waals surface area contributed by atoms with Gasteiger partial charge in [0.25, 0.3) is 0 Å². The first-order valence-electron chi connectivity index (χ1n) is 8.18. The van der Waals surface area contributed by atoms with Gasteiger partial charge in [0.1, 0.15) is 0 Å². The molecule has 130 valence electrons. The number of hydrogen-bond acceptors (Lipinski definition) is 2.